The maximum atomic E-state index is 13.5. The van der Waals surface area contributed by atoms with Crippen LogP contribution in [-0.2, 0) is 11.8 Å². The molecule has 10 heteroatoms. The summed E-state index contributed by atoms with van der Waals surface area (Å²) < 4.78 is 47.0. The number of ether oxygens (including phenoxy) is 1. The zero-order chi connectivity index (χ0) is 19.5. The predicted octanol–water partition coefficient (Wildman–Crippen LogP) is 2.28. The van der Waals surface area contributed by atoms with E-state index in [2.05, 4.69) is 15.5 Å². The maximum absolute atomic E-state index is 13.5. The Labute approximate surface area is 150 Å². The SMILES string of the molecule is CCC(CC)NC(=O)c1nnc(N2CCOC(CC)(C(F)(F)F)C2)n1C. The van der Waals surface area contributed by atoms with Gasteiger partial charge in [-0.2, -0.15) is 13.2 Å². The van der Waals surface area contributed by atoms with Crippen LogP contribution in [0.2, 0.25) is 0 Å². The highest BCUT2D eigenvalue weighted by atomic mass is 19.4. The molecule has 2 rings (SSSR count). The second-order valence-electron chi connectivity index (χ2n) is 6.49. The van der Waals surface area contributed by atoms with Crippen molar-refractivity contribution in [2.45, 2.75) is 57.9 Å². The molecule has 26 heavy (non-hydrogen) atoms. The van der Waals surface area contributed by atoms with Gasteiger partial charge in [-0.1, -0.05) is 20.8 Å². The van der Waals surface area contributed by atoms with Gasteiger partial charge >= 0.3 is 6.18 Å². The number of nitrogens with one attached hydrogen (secondary N) is 1. The number of nitrogens with zero attached hydrogens (tertiary/aromatic N) is 4. The Morgan fingerprint density at radius 2 is 1.96 bits per heavy atom. The zero-order valence-electron chi connectivity index (χ0n) is 15.6. The van der Waals surface area contributed by atoms with Gasteiger partial charge in [-0.3, -0.25) is 9.36 Å². The van der Waals surface area contributed by atoms with E-state index in [9.17, 15) is 18.0 Å². The Hall–Kier alpha value is -1.84. The van der Waals surface area contributed by atoms with Gasteiger partial charge in [0.1, 0.15) is 0 Å². The van der Waals surface area contributed by atoms with Crippen LogP contribution in [0.4, 0.5) is 19.1 Å². The smallest absolute Gasteiger partial charge is 0.362 e. The first-order valence-electron chi connectivity index (χ1n) is 8.85. The molecule has 2 heterocycles. The molecule has 1 aromatic heterocycles. The molecule has 1 unspecified atom stereocenters. The molecule has 0 aromatic carbocycles. The van der Waals surface area contributed by atoms with Crippen molar-refractivity contribution in [3.05, 3.63) is 5.82 Å². The minimum absolute atomic E-state index is 0.0176. The molecule has 1 atom stereocenters. The number of anilines is 1. The third-order valence-electron chi connectivity index (χ3n) is 4.93. The van der Waals surface area contributed by atoms with Crippen LogP contribution in [0.3, 0.4) is 0 Å². The highest BCUT2D eigenvalue weighted by Gasteiger charge is 2.57. The monoisotopic (exact) mass is 377 g/mol. The summed E-state index contributed by atoms with van der Waals surface area (Å²) in [7, 11) is 1.58. The second kappa shape index (κ2) is 7.81. The first-order chi connectivity index (χ1) is 12.2. The third-order valence-corrected chi connectivity index (χ3v) is 4.93. The average Bonchev–Trinajstić information content (AvgIpc) is 3.00. The molecule has 0 spiro atoms. The first-order valence-corrected chi connectivity index (χ1v) is 8.85. The number of amides is 1. The van der Waals surface area contributed by atoms with Gasteiger partial charge in [0, 0.05) is 19.6 Å². The summed E-state index contributed by atoms with van der Waals surface area (Å²) in [6, 6.07) is 0.0176. The van der Waals surface area contributed by atoms with Crippen LogP contribution in [-0.4, -0.2) is 58.2 Å². The zero-order valence-corrected chi connectivity index (χ0v) is 15.6. The summed E-state index contributed by atoms with van der Waals surface area (Å²) in [5, 5.41) is 10.7. The van der Waals surface area contributed by atoms with Crippen molar-refractivity contribution < 1.29 is 22.7 Å². The van der Waals surface area contributed by atoms with Crippen LogP contribution in [0.25, 0.3) is 0 Å². The van der Waals surface area contributed by atoms with Gasteiger partial charge in [0.05, 0.1) is 13.2 Å². The summed E-state index contributed by atoms with van der Waals surface area (Å²) in [5.74, 6) is -0.0802. The predicted molar refractivity (Wildman–Crippen MR) is 90.1 cm³/mol. The molecule has 0 aliphatic carbocycles. The average molecular weight is 377 g/mol. The minimum atomic E-state index is -4.49. The summed E-state index contributed by atoms with van der Waals surface area (Å²) in [5.41, 5.74) is -2.24. The Morgan fingerprint density at radius 3 is 2.50 bits per heavy atom. The van der Waals surface area contributed by atoms with E-state index in [1.807, 2.05) is 13.8 Å². The highest BCUT2D eigenvalue weighted by Crippen LogP contribution is 2.39. The molecule has 1 fully saturated rings. The van der Waals surface area contributed by atoms with E-state index in [4.69, 9.17) is 4.74 Å². The van der Waals surface area contributed by atoms with Crippen LogP contribution in [0.5, 0.6) is 0 Å². The molecule has 0 radical (unpaired) electrons. The van der Waals surface area contributed by atoms with Gasteiger partial charge in [0.15, 0.2) is 5.60 Å². The van der Waals surface area contributed by atoms with E-state index in [-0.39, 0.29) is 49.8 Å². The van der Waals surface area contributed by atoms with E-state index >= 15 is 0 Å². The van der Waals surface area contributed by atoms with Crippen molar-refractivity contribution in [3.8, 4) is 0 Å². The van der Waals surface area contributed by atoms with Crippen molar-refractivity contribution in [1.29, 1.82) is 0 Å². The number of morpholine rings is 1. The molecular weight excluding hydrogens is 351 g/mol. The first kappa shape index (κ1) is 20.5. The van der Waals surface area contributed by atoms with Crippen molar-refractivity contribution >= 4 is 11.9 Å². The number of hydrogen-bond acceptors (Lipinski definition) is 5. The van der Waals surface area contributed by atoms with Crippen LogP contribution in [0, 0.1) is 0 Å². The molecule has 1 aliphatic heterocycles. The fourth-order valence-corrected chi connectivity index (χ4v) is 3.08. The third kappa shape index (κ3) is 3.79. The Balaban J connectivity index is 2.22. The second-order valence-corrected chi connectivity index (χ2v) is 6.49. The molecular formula is C16H26F3N5O2. The van der Waals surface area contributed by atoms with Gasteiger partial charge in [0.2, 0.25) is 11.8 Å². The molecule has 148 valence electrons. The number of halogens is 3. The largest absolute Gasteiger partial charge is 0.419 e. The lowest BCUT2D eigenvalue weighted by Crippen LogP contribution is -2.60. The van der Waals surface area contributed by atoms with E-state index in [0.717, 1.165) is 12.8 Å². The topological polar surface area (TPSA) is 72.3 Å². The van der Waals surface area contributed by atoms with Gasteiger partial charge in [-0.25, -0.2) is 0 Å². The number of carbonyl (C=O) groups excluding carboxylic acids is 1. The normalized spacial score (nSPS) is 21.3. The number of aromatic nitrogens is 3. The van der Waals surface area contributed by atoms with Crippen LogP contribution >= 0.6 is 0 Å². The number of alkyl halides is 3. The van der Waals surface area contributed by atoms with Gasteiger partial charge < -0.3 is 15.0 Å². The maximum Gasteiger partial charge on any atom is 0.419 e. The molecule has 1 aromatic rings. The van der Waals surface area contributed by atoms with E-state index in [1.54, 1.807) is 7.05 Å². The van der Waals surface area contributed by atoms with Crippen molar-refractivity contribution in [2.24, 2.45) is 7.05 Å². The van der Waals surface area contributed by atoms with Crippen LogP contribution < -0.4 is 10.2 Å². The van der Waals surface area contributed by atoms with Crippen molar-refractivity contribution in [2.75, 3.05) is 24.6 Å². The van der Waals surface area contributed by atoms with Gasteiger partial charge in [-0.15, -0.1) is 10.2 Å². The molecule has 0 saturated carbocycles. The Kier molecular flexibility index (Phi) is 6.15. The quantitative estimate of drug-likeness (QED) is 0.824. The summed E-state index contributed by atoms with van der Waals surface area (Å²) >= 11 is 0. The van der Waals surface area contributed by atoms with Crippen LogP contribution in [0.1, 0.15) is 50.7 Å². The number of hydrogen-bond donors (Lipinski definition) is 1. The lowest BCUT2D eigenvalue weighted by atomic mass is 9.97. The summed E-state index contributed by atoms with van der Waals surface area (Å²) in [4.78, 5) is 13.8. The molecule has 7 nitrogen and oxygen atoms in total. The fraction of sp³-hybridized carbons (Fsp3) is 0.812. The molecule has 0 bridgehead atoms. The van der Waals surface area contributed by atoms with E-state index < -0.39 is 11.8 Å². The minimum Gasteiger partial charge on any atom is -0.362 e. The Bertz CT molecular complexity index is 630. The van der Waals surface area contributed by atoms with E-state index in [0.29, 0.717) is 0 Å². The lowest BCUT2D eigenvalue weighted by Gasteiger charge is -2.43. The number of rotatable bonds is 6. The van der Waals surface area contributed by atoms with Gasteiger partial charge in [0.25, 0.3) is 5.91 Å². The van der Waals surface area contributed by atoms with E-state index in [1.165, 1.54) is 16.4 Å². The lowest BCUT2D eigenvalue weighted by molar-refractivity contribution is -0.280. The van der Waals surface area contributed by atoms with Crippen molar-refractivity contribution in [1.82, 2.24) is 20.1 Å². The van der Waals surface area contributed by atoms with Crippen LogP contribution in [0.15, 0.2) is 0 Å². The molecule has 1 amide bonds. The molecule has 1 saturated heterocycles. The summed E-state index contributed by atoms with van der Waals surface area (Å²) in [6.07, 6.45) is -3.14. The standard InChI is InChI=1S/C16H26F3N5O2/c1-5-11(6-2)20-13(25)12-21-22-14(23(12)4)24-8-9-26-15(7-3,10-24)16(17,18)19/h11H,5-10H2,1-4H3,(H,20,25). The summed E-state index contributed by atoms with van der Waals surface area (Å²) in [6.45, 7) is 5.17. The molecule has 1 aliphatic rings. The Morgan fingerprint density at radius 1 is 1.31 bits per heavy atom. The number of carbonyl (C=O) groups is 1. The fourth-order valence-electron chi connectivity index (χ4n) is 3.08. The van der Waals surface area contributed by atoms with Crippen molar-refractivity contribution in [3.63, 3.8) is 0 Å². The molecule has 1 N–H and O–H groups in total. The van der Waals surface area contributed by atoms with Gasteiger partial charge in [-0.05, 0) is 19.3 Å². The highest BCUT2D eigenvalue weighted by molar-refractivity contribution is 5.91.